The van der Waals surface area contributed by atoms with Crippen LogP contribution in [0.2, 0.25) is 0 Å². The van der Waals surface area contributed by atoms with Crippen LogP contribution >= 0.6 is 15.9 Å². The van der Waals surface area contributed by atoms with E-state index in [-0.39, 0.29) is 12.5 Å². The first kappa shape index (κ1) is 19.7. The van der Waals surface area contributed by atoms with E-state index in [0.717, 1.165) is 21.2 Å². The maximum Gasteiger partial charge on any atom is 0.277 e. The first-order valence-electron chi connectivity index (χ1n) is 8.05. The average molecular weight is 417 g/mol. The Hall–Kier alpha value is -2.60. The highest BCUT2D eigenvalue weighted by molar-refractivity contribution is 9.10. The molecule has 2 rings (SSSR count). The van der Waals surface area contributed by atoms with Gasteiger partial charge in [0, 0.05) is 10.0 Å². The van der Waals surface area contributed by atoms with E-state index in [0.29, 0.717) is 18.1 Å². The van der Waals surface area contributed by atoms with Crippen LogP contribution in [0.5, 0.6) is 11.5 Å². The van der Waals surface area contributed by atoms with Gasteiger partial charge in [0.15, 0.2) is 6.61 Å². The Kier molecular flexibility index (Phi) is 7.41. The number of nitrogens with one attached hydrogen (secondary N) is 1. The third-order valence-corrected chi connectivity index (χ3v) is 3.92. The van der Waals surface area contributed by atoms with Gasteiger partial charge in [-0.1, -0.05) is 40.7 Å². The molecule has 0 atom stereocenters. The lowest BCUT2D eigenvalue weighted by molar-refractivity contribution is -0.123. The van der Waals surface area contributed by atoms with E-state index in [9.17, 15) is 4.79 Å². The second-order valence-electron chi connectivity index (χ2n) is 5.63. The first-order valence-corrected chi connectivity index (χ1v) is 8.84. The summed E-state index contributed by atoms with van der Waals surface area (Å²) >= 11 is 3.40. The maximum absolute atomic E-state index is 11.9. The number of benzene rings is 2. The van der Waals surface area contributed by atoms with Gasteiger partial charge in [-0.15, -0.1) is 0 Å². The predicted molar refractivity (Wildman–Crippen MR) is 107 cm³/mol. The topological polar surface area (TPSA) is 59.9 Å². The number of hydrazone groups is 1. The van der Waals surface area contributed by atoms with Crippen LogP contribution in [-0.2, 0) is 4.79 Å². The van der Waals surface area contributed by atoms with E-state index in [1.54, 1.807) is 6.08 Å². The van der Waals surface area contributed by atoms with Gasteiger partial charge in [-0.2, -0.15) is 5.10 Å². The molecular weight excluding hydrogens is 396 g/mol. The Morgan fingerprint density at radius 3 is 2.77 bits per heavy atom. The molecule has 0 saturated carbocycles. The molecule has 136 valence electrons. The molecule has 0 unspecified atom stereocenters. The zero-order valence-corrected chi connectivity index (χ0v) is 16.4. The van der Waals surface area contributed by atoms with E-state index < -0.39 is 0 Å². The van der Waals surface area contributed by atoms with Gasteiger partial charge >= 0.3 is 0 Å². The summed E-state index contributed by atoms with van der Waals surface area (Å²) in [5.41, 5.74) is 5.24. The van der Waals surface area contributed by atoms with E-state index >= 15 is 0 Å². The van der Waals surface area contributed by atoms with Crippen LogP contribution in [-0.4, -0.2) is 25.3 Å². The SMILES string of the molecule is C=CCOc1ccc(Br)cc1/C=N\NC(=O)COc1cc(C)ccc1C. The largest absolute Gasteiger partial charge is 0.489 e. The van der Waals surface area contributed by atoms with Gasteiger partial charge < -0.3 is 9.47 Å². The standard InChI is InChI=1S/C20H21BrN2O3/c1-4-9-25-18-8-7-17(21)11-16(18)12-22-23-20(24)13-26-19-10-14(2)5-6-15(19)3/h4-8,10-12H,1,9,13H2,2-3H3,(H,23,24)/b22-12-. The second-order valence-corrected chi connectivity index (χ2v) is 6.55. The van der Waals surface area contributed by atoms with Gasteiger partial charge in [-0.3, -0.25) is 4.79 Å². The Labute approximate surface area is 161 Å². The van der Waals surface area contributed by atoms with Crippen LogP contribution in [0.4, 0.5) is 0 Å². The summed E-state index contributed by atoms with van der Waals surface area (Å²) in [4.78, 5) is 11.9. The molecular formula is C20H21BrN2O3. The summed E-state index contributed by atoms with van der Waals surface area (Å²) in [6, 6.07) is 11.4. The van der Waals surface area contributed by atoms with Gasteiger partial charge in [0.25, 0.3) is 5.91 Å². The summed E-state index contributed by atoms with van der Waals surface area (Å²) in [6.45, 7) is 7.81. The van der Waals surface area contributed by atoms with Crippen molar-refractivity contribution in [2.24, 2.45) is 5.10 Å². The predicted octanol–water partition coefficient (Wildman–Crippen LogP) is 4.16. The number of nitrogens with zero attached hydrogens (tertiary/aromatic N) is 1. The highest BCUT2D eigenvalue weighted by Crippen LogP contribution is 2.22. The van der Waals surface area contributed by atoms with Crippen molar-refractivity contribution in [2.75, 3.05) is 13.2 Å². The van der Waals surface area contributed by atoms with Crippen molar-refractivity contribution in [3.05, 3.63) is 70.2 Å². The minimum atomic E-state index is -0.342. The Morgan fingerprint density at radius 1 is 1.19 bits per heavy atom. The lowest BCUT2D eigenvalue weighted by Gasteiger charge is -2.09. The number of hydrogen-bond donors (Lipinski definition) is 1. The molecule has 1 N–H and O–H groups in total. The molecule has 0 heterocycles. The number of ether oxygens (including phenoxy) is 2. The van der Waals surface area contributed by atoms with Crippen molar-refractivity contribution in [3.63, 3.8) is 0 Å². The lowest BCUT2D eigenvalue weighted by Crippen LogP contribution is -2.24. The van der Waals surface area contributed by atoms with Crippen molar-refractivity contribution in [1.82, 2.24) is 5.43 Å². The van der Waals surface area contributed by atoms with Gasteiger partial charge in [-0.25, -0.2) is 5.43 Å². The van der Waals surface area contributed by atoms with Crippen molar-refractivity contribution in [1.29, 1.82) is 0 Å². The minimum Gasteiger partial charge on any atom is -0.489 e. The molecule has 0 aliphatic rings. The molecule has 0 aliphatic heterocycles. The normalized spacial score (nSPS) is 10.6. The molecule has 6 heteroatoms. The van der Waals surface area contributed by atoms with Crippen molar-refractivity contribution < 1.29 is 14.3 Å². The highest BCUT2D eigenvalue weighted by Gasteiger charge is 2.05. The maximum atomic E-state index is 11.9. The number of carbonyl (C=O) groups excluding carboxylic acids is 1. The Bertz CT molecular complexity index is 819. The van der Waals surface area contributed by atoms with Gasteiger partial charge in [-0.05, 0) is 49.2 Å². The molecule has 0 saturated heterocycles. The minimum absolute atomic E-state index is 0.111. The lowest BCUT2D eigenvalue weighted by atomic mass is 10.1. The Morgan fingerprint density at radius 2 is 2.00 bits per heavy atom. The van der Waals surface area contributed by atoms with Gasteiger partial charge in [0.05, 0.1) is 6.21 Å². The molecule has 0 aromatic heterocycles. The zero-order valence-electron chi connectivity index (χ0n) is 14.8. The average Bonchev–Trinajstić information content (AvgIpc) is 2.62. The fraction of sp³-hybridized carbons (Fsp3) is 0.200. The monoisotopic (exact) mass is 416 g/mol. The number of amides is 1. The number of rotatable bonds is 8. The molecule has 0 radical (unpaired) electrons. The first-order chi connectivity index (χ1) is 12.5. The molecule has 0 fully saturated rings. The molecule has 26 heavy (non-hydrogen) atoms. The smallest absolute Gasteiger partial charge is 0.277 e. The number of hydrogen-bond acceptors (Lipinski definition) is 4. The van der Waals surface area contributed by atoms with Crippen molar-refractivity contribution in [3.8, 4) is 11.5 Å². The molecule has 2 aromatic carbocycles. The molecule has 5 nitrogen and oxygen atoms in total. The third-order valence-electron chi connectivity index (χ3n) is 3.42. The van der Waals surface area contributed by atoms with E-state index in [1.165, 1.54) is 6.21 Å². The summed E-state index contributed by atoms with van der Waals surface area (Å²) in [5.74, 6) is 1.000. The quantitative estimate of drug-likeness (QED) is 0.399. The van der Waals surface area contributed by atoms with Crippen molar-refractivity contribution >= 4 is 28.1 Å². The van der Waals surface area contributed by atoms with E-state index in [2.05, 4.69) is 33.0 Å². The number of aryl methyl sites for hydroxylation is 2. The van der Waals surface area contributed by atoms with Crippen LogP contribution in [0.15, 0.2) is 58.6 Å². The molecule has 1 amide bonds. The number of halogens is 1. The van der Waals surface area contributed by atoms with Gasteiger partial charge in [0.1, 0.15) is 18.1 Å². The Balaban J connectivity index is 1.93. The van der Waals surface area contributed by atoms with Gasteiger partial charge in [0.2, 0.25) is 0 Å². The number of carbonyl (C=O) groups is 1. The summed E-state index contributed by atoms with van der Waals surface area (Å²) in [7, 11) is 0. The molecule has 0 spiro atoms. The van der Waals surface area contributed by atoms with E-state index in [4.69, 9.17) is 9.47 Å². The second kappa shape index (κ2) is 9.77. The fourth-order valence-corrected chi connectivity index (χ4v) is 2.49. The van der Waals surface area contributed by atoms with Crippen LogP contribution < -0.4 is 14.9 Å². The van der Waals surface area contributed by atoms with Crippen LogP contribution in [0.3, 0.4) is 0 Å². The summed E-state index contributed by atoms with van der Waals surface area (Å²) < 4.78 is 12.0. The van der Waals surface area contributed by atoms with Crippen LogP contribution in [0.1, 0.15) is 16.7 Å². The summed E-state index contributed by atoms with van der Waals surface area (Å²) in [6.07, 6.45) is 3.19. The zero-order chi connectivity index (χ0) is 18.9. The fourth-order valence-electron chi connectivity index (χ4n) is 2.11. The summed E-state index contributed by atoms with van der Waals surface area (Å²) in [5, 5.41) is 3.97. The molecule has 2 aromatic rings. The highest BCUT2D eigenvalue weighted by atomic mass is 79.9. The van der Waals surface area contributed by atoms with Crippen LogP contribution in [0.25, 0.3) is 0 Å². The van der Waals surface area contributed by atoms with Crippen molar-refractivity contribution in [2.45, 2.75) is 13.8 Å². The molecule has 0 bridgehead atoms. The third kappa shape index (κ3) is 6.04. The molecule has 0 aliphatic carbocycles. The van der Waals surface area contributed by atoms with Crippen LogP contribution in [0, 0.1) is 13.8 Å². The van der Waals surface area contributed by atoms with E-state index in [1.807, 2.05) is 50.2 Å².